The topological polar surface area (TPSA) is 76.1 Å². The first-order valence-electron chi connectivity index (χ1n) is 13.9. The average Bonchev–Trinajstić information content (AvgIpc) is 2.98. The van der Waals surface area contributed by atoms with Crippen molar-refractivity contribution in [3.8, 4) is 5.75 Å². The molecule has 6 nitrogen and oxygen atoms in total. The Labute approximate surface area is 254 Å². The highest BCUT2D eigenvalue weighted by Crippen LogP contribution is 2.41. The monoisotopic (exact) mass is 637 g/mol. The van der Waals surface area contributed by atoms with E-state index >= 15 is 0 Å². The van der Waals surface area contributed by atoms with Crippen molar-refractivity contribution in [2.45, 2.75) is 44.8 Å². The molecule has 3 aromatic rings. The molecule has 0 amide bonds. The van der Waals surface area contributed by atoms with Crippen LogP contribution >= 0.6 is 27.5 Å². The van der Waals surface area contributed by atoms with E-state index in [0.29, 0.717) is 29.5 Å². The summed E-state index contributed by atoms with van der Waals surface area (Å²) in [6.45, 7) is 5.78. The smallest absolute Gasteiger partial charge is 0.338 e. The van der Waals surface area contributed by atoms with Crippen LogP contribution in [0.25, 0.3) is 0 Å². The Balaban J connectivity index is 1.36. The van der Waals surface area contributed by atoms with Crippen molar-refractivity contribution < 1.29 is 24.2 Å². The number of carboxylic acids is 1. The third kappa shape index (κ3) is 6.96. The predicted octanol–water partition coefficient (Wildman–Crippen LogP) is 7.96. The fourth-order valence-electron chi connectivity index (χ4n) is 5.70. The SMILES string of the molecule is C=CC(OC(=O)c1ccc(Br)cc1)[C@@H]1CC[C@H]1CN1CCCCc2cc(Cl)ccc2COc2ccc(C(=O)O)cc21. The summed E-state index contributed by atoms with van der Waals surface area (Å²) in [4.78, 5) is 27.0. The summed E-state index contributed by atoms with van der Waals surface area (Å²) >= 11 is 9.68. The second-order valence-corrected chi connectivity index (χ2v) is 12.1. The molecule has 1 aliphatic carbocycles. The summed E-state index contributed by atoms with van der Waals surface area (Å²) in [5.74, 6) is -0.319. The number of benzene rings is 3. The van der Waals surface area contributed by atoms with Crippen LogP contribution in [-0.2, 0) is 17.8 Å². The van der Waals surface area contributed by atoms with Crippen molar-refractivity contribution >= 4 is 45.2 Å². The van der Waals surface area contributed by atoms with E-state index in [0.717, 1.165) is 54.4 Å². The van der Waals surface area contributed by atoms with Crippen LogP contribution in [0.2, 0.25) is 5.02 Å². The Hall–Kier alpha value is -3.29. The molecule has 41 heavy (non-hydrogen) atoms. The first-order valence-corrected chi connectivity index (χ1v) is 15.1. The zero-order chi connectivity index (χ0) is 28.9. The average molecular weight is 639 g/mol. The molecule has 1 unspecified atom stereocenters. The van der Waals surface area contributed by atoms with Crippen molar-refractivity contribution in [2.75, 3.05) is 18.0 Å². The van der Waals surface area contributed by atoms with E-state index in [9.17, 15) is 14.7 Å². The molecule has 1 fully saturated rings. The van der Waals surface area contributed by atoms with E-state index in [2.05, 4.69) is 27.4 Å². The lowest BCUT2D eigenvalue weighted by molar-refractivity contribution is -0.00170. The third-order valence-corrected chi connectivity index (χ3v) is 8.89. The molecule has 0 radical (unpaired) electrons. The number of carbonyl (C=O) groups excluding carboxylic acids is 1. The van der Waals surface area contributed by atoms with Crippen molar-refractivity contribution in [3.05, 3.63) is 105 Å². The maximum absolute atomic E-state index is 12.9. The second-order valence-electron chi connectivity index (χ2n) is 10.7. The molecule has 1 saturated carbocycles. The first-order chi connectivity index (χ1) is 19.8. The van der Waals surface area contributed by atoms with Crippen LogP contribution in [-0.4, -0.2) is 36.2 Å². The molecular formula is C33H33BrClNO5. The van der Waals surface area contributed by atoms with Crippen molar-refractivity contribution in [2.24, 2.45) is 11.8 Å². The fourth-order valence-corrected chi connectivity index (χ4v) is 6.16. The molecule has 8 heteroatoms. The number of hydrogen-bond acceptors (Lipinski definition) is 5. The Kier molecular flexibility index (Phi) is 9.35. The zero-order valence-electron chi connectivity index (χ0n) is 22.7. The van der Waals surface area contributed by atoms with Crippen molar-refractivity contribution in [1.82, 2.24) is 0 Å². The van der Waals surface area contributed by atoms with Gasteiger partial charge in [-0.2, -0.15) is 0 Å². The van der Waals surface area contributed by atoms with Gasteiger partial charge in [-0.15, -0.1) is 0 Å². The molecule has 3 aromatic carbocycles. The molecule has 0 bridgehead atoms. The molecule has 214 valence electrons. The van der Waals surface area contributed by atoms with Crippen molar-refractivity contribution in [3.63, 3.8) is 0 Å². The van der Waals surface area contributed by atoms with Crippen LogP contribution in [0.3, 0.4) is 0 Å². The van der Waals surface area contributed by atoms with Gasteiger partial charge in [-0.05, 0) is 104 Å². The Morgan fingerprint density at radius 1 is 1.07 bits per heavy atom. The summed E-state index contributed by atoms with van der Waals surface area (Å²) in [5, 5.41) is 10.5. The number of ether oxygens (including phenoxy) is 2. The number of esters is 1. The quantitative estimate of drug-likeness (QED) is 0.209. The number of carboxylic acid groups (broad SMARTS) is 1. The number of nitrogens with zero attached hydrogens (tertiary/aromatic N) is 1. The highest BCUT2D eigenvalue weighted by molar-refractivity contribution is 9.10. The van der Waals surface area contributed by atoms with Crippen LogP contribution in [0.4, 0.5) is 5.69 Å². The van der Waals surface area contributed by atoms with Gasteiger partial charge in [0.05, 0.1) is 16.8 Å². The number of fused-ring (bicyclic) bond motifs is 2. The van der Waals surface area contributed by atoms with Crippen LogP contribution in [0.1, 0.15) is 57.5 Å². The molecule has 3 atom stereocenters. The van der Waals surface area contributed by atoms with E-state index < -0.39 is 12.1 Å². The number of hydrogen-bond donors (Lipinski definition) is 1. The molecule has 2 aliphatic rings. The van der Waals surface area contributed by atoms with E-state index in [1.165, 1.54) is 5.56 Å². The van der Waals surface area contributed by atoms with Crippen LogP contribution < -0.4 is 9.64 Å². The summed E-state index contributed by atoms with van der Waals surface area (Å²) < 4.78 is 13.1. The number of halogens is 2. The zero-order valence-corrected chi connectivity index (χ0v) is 25.1. The van der Waals surface area contributed by atoms with Gasteiger partial charge in [0.25, 0.3) is 0 Å². The fraction of sp³-hybridized carbons (Fsp3) is 0.333. The molecule has 1 N–H and O–H groups in total. The molecule has 1 heterocycles. The van der Waals surface area contributed by atoms with Crippen LogP contribution in [0, 0.1) is 11.8 Å². The van der Waals surface area contributed by atoms with E-state index in [-0.39, 0.29) is 23.4 Å². The standard InChI is InChI=1S/C33H33BrClNO5/c1-2-30(41-33(39)21-6-11-26(34)12-7-21)28-14-9-24(28)19-36-16-4-3-5-22-17-27(35)13-8-25(22)20-40-31-15-10-23(32(37)38)18-29(31)36/h2,6-8,10-13,15,17-18,24,28,30H,1,3-5,9,14,16,19-20H2,(H,37,38)/t24-,28+,30?/m0/s1. The normalized spacial score (nSPS) is 19.3. The highest BCUT2D eigenvalue weighted by atomic mass is 79.9. The van der Waals surface area contributed by atoms with Gasteiger partial charge in [-0.3, -0.25) is 0 Å². The van der Waals surface area contributed by atoms with E-state index in [1.807, 2.05) is 30.3 Å². The molecule has 0 spiro atoms. The van der Waals surface area contributed by atoms with Gasteiger partial charge in [0.15, 0.2) is 0 Å². The minimum Gasteiger partial charge on any atom is -0.487 e. The lowest BCUT2D eigenvalue weighted by atomic mass is 9.70. The Morgan fingerprint density at radius 3 is 2.56 bits per heavy atom. The van der Waals surface area contributed by atoms with Gasteiger partial charge < -0.3 is 19.5 Å². The van der Waals surface area contributed by atoms with Gasteiger partial charge in [0.2, 0.25) is 0 Å². The summed E-state index contributed by atoms with van der Waals surface area (Å²) in [5.41, 5.74) is 3.75. The molecular weight excluding hydrogens is 606 g/mol. The lowest BCUT2D eigenvalue weighted by Gasteiger charge is -2.43. The molecule has 5 rings (SSSR count). The third-order valence-electron chi connectivity index (χ3n) is 8.13. The van der Waals surface area contributed by atoms with E-state index in [4.69, 9.17) is 21.1 Å². The Bertz CT molecular complexity index is 1430. The maximum atomic E-state index is 12.9. The minimum absolute atomic E-state index is 0.128. The van der Waals surface area contributed by atoms with Gasteiger partial charge >= 0.3 is 11.9 Å². The molecule has 1 aliphatic heterocycles. The van der Waals surface area contributed by atoms with Gasteiger partial charge in [-0.1, -0.05) is 46.3 Å². The van der Waals surface area contributed by atoms with E-state index in [1.54, 1.807) is 36.4 Å². The minimum atomic E-state index is -0.977. The van der Waals surface area contributed by atoms with Gasteiger partial charge in [0, 0.05) is 28.5 Å². The van der Waals surface area contributed by atoms with Gasteiger partial charge in [0.1, 0.15) is 18.5 Å². The highest BCUT2D eigenvalue weighted by Gasteiger charge is 2.39. The second kappa shape index (κ2) is 13.1. The van der Waals surface area contributed by atoms with Crippen LogP contribution in [0.15, 0.2) is 77.8 Å². The summed E-state index contributed by atoms with van der Waals surface area (Å²) in [7, 11) is 0. The van der Waals surface area contributed by atoms with Gasteiger partial charge in [-0.25, -0.2) is 9.59 Å². The summed E-state index contributed by atoms with van der Waals surface area (Å²) in [6.07, 6.45) is 6.00. The number of aromatic carboxylic acids is 1. The van der Waals surface area contributed by atoms with Crippen molar-refractivity contribution in [1.29, 1.82) is 0 Å². The number of rotatable bonds is 7. The number of anilines is 1. The number of carbonyl (C=O) groups is 2. The predicted molar refractivity (Wildman–Crippen MR) is 164 cm³/mol. The molecule has 0 saturated heterocycles. The number of aryl methyl sites for hydroxylation is 1. The van der Waals surface area contributed by atoms with Crippen LogP contribution in [0.5, 0.6) is 5.75 Å². The largest absolute Gasteiger partial charge is 0.487 e. The Morgan fingerprint density at radius 2 is 1.85 bits per heavy atom. The summed E-state index contributed by atoms with van der Waals surface area (Å²) in [6, 6.07) is 18.1. The maximum Gasteiger partial charge on any atom is 0.338 e. The lowest BCUT2D eigenvalue weighted by Crippen LogP contribution is -2.44. The first kappa shape index (κ1) is 29.2. The molecule has 0 aromatic heterocycles.